The zero-order valence-electron chi connectivity index (χ0n) is 7.80. The molecule has 0 saturated carbocycles. The Hall–Kier alpha value is -0.780. The first-order chi connectivity index (χ1) is 6.37. The van der Waals surface area contributed by atoms with Crippen molar-refractivity contribution in [1.82, 2.24) is 0 Å². The minimum Gasteiger partial charge on any atom is -0.481 e. The fourth-order valence-corrected chi connectivity index (χ4v) is 0.916. The van der Waals surface area contributed by atoms with Gasteiger partial charge in [-0.25, -0.2) is 0 Å². The molecule has 0 heterocycles. The number of aliphatic carboxylic acids is 1. The van der Waals surface area contributed by atoms with E-state index in [1.165, 1.54) is 0 Å². The number of carboxylic acids is 1. The van der Waals surface area contributed by atoms with E-state index >= 15 is 0 Å². The highest BCUT2D eigenvalue weighted by Gasteiger charge is 2.27. The van der Waals surface area contributed by atoms with Gasteiger partial charge in [0.1, 0.15) is 6.61 Å². The summed E-state index contributed by atoms with van der Waals surface area (Å²) in [5, 5.41) is 8.55. The lowest BCUT2D eigenvalue weighted by molar-refractivity contribution is -0.175. The van der Waals surface area contributed by atoms with Crippen LogP contribution in [-0.4, -0.2) is 30.5 Å². The molecule has 0 fully saturated rings. The number of alkyl halides is 3. The molecule has 3 nitrogen and oxygen atoms in total. The van der Waals surface area contributed by atoms with Crippen molar-refractivity contribution >= 4 is 5.97 Å². The average Bonchev–Trinajstić information content (AvgIpc) is 2.01. The van der Waals surface area contributed by atoms with Crippen molar-refractivity contribution in [3.05, 3.63) is 0 Å². The predicted octanol–water partition coefficient (Wildman–Crippen LogP) is 2.07. The standard InChI is InChI=1S/C8H13F3O3/c1-2-6(7(12)13)3-4-14-5-8(9,10)11/h6H,2-5H2,1H3,(H,12,13). The molecule has 0 amide bonds. The average molecular weight is 214 g/mol. The molecule has 0 radical (unpaired) electrons. The molecule has 0 aliphatic carbocycles. The van der Waals surface area contributed by atoms with Crippen molar-refractivity contribution in [2.75, 3.05) is 13.2 Å². The molecule has 0 spiro atoms. The van der Waals surface area contributed by atoms with Crippen LogP contribution in [0.5, 0.6) is 0 Å². The Morgan fingerprint density at radius 1 is 1.50 bits per heavy atom. The van der Waals surface area contributed by atoms with Gasteiger partial charge in [0.25, 0.3) is 0 Å². The quantitative estimate of drug-likeness (QED) is 0.688. The number of carbonyl (C=O) groups is 1. The highest BCUT2D eigenvalue weighted by molar-refractivity contribution is 5.69. The van der Waals surface area contributed by atoms with Crippen LogP contribution in [0.1, 0.15) is 19.8 Å². The predicted molar refractivity (Wildman–Crippen MR) is 42.9 cm³/mol. The Balaban J connectivity index is 3.58. The Bertz CT molecular complexity index is 179. The summed E-state index contributed by atoms with van der Waals surface area (Å²) in [5.41, 5.74) is 0. The van der Waals surface area contributed by atoms with Crippen LogP contribution in [0.4, 0.5) is 13.2 Å². The fraction of sp³-hybridized carbons (Fsp3) is 0.875. The number of rotatable bonds is 6. The van der Waals surface area contributed by atoms with Gasteiger partial charge in [0.2, 0.25) is 0 Å². The minimum atomic E-state index is -4.34. The zero-order chi connectivity index (χ0) is 11.2. The topological polar surface area (TPSA) is 46.5 Å². The van der Waals surface area contributed by atoms with Crippen molar-refractivity contribution in [2.45, 2.75) is 25.9 Å². The normalized spacial score (nSPS) is 14.0. The second-order valence-electron chi connectivity index (χ2n) is 2.90. The van der Waals surface area contributed by atoms with Crippen LogP contribution in [0.15, 0.2) is 0 Å². The van der Waals surface area contributed by atoms with E-state index in [-0.39, 0.29) is 13.0 Å². The van der Waals surface area contributed by atoms with Gasteiger partial charge >= 0.3 is 12.1 Å². The Labute approximate surface area is 79.9 Å². The number of halogens is 3. The maximum Gasteiger partial charge on any atom is 0.411 e. The fourth-order valence-electron chi connectivity index (χ4n) is 0.916. The maximum atomic E-state index is 11.6. The molecule has 0 aliphatic rings. The van der Waals surface area contributed by atoms with Crippen molar-refractivity contribution in [2.24, 2.45) is 5.92 Å². The molecule has 14 heavy (non-hydrogen) atoms. The number of hydrogen-bond donors (Lipinski definition) is 1. The van der Waals surface area contributed by atoms with Gasteiger partial charge in [-0.3, -0.25) is 4.79 Å². The molecule has 0 rings (SSSR count). The highest BCUT2D eigenvalue weighted by Crippen LogP contribution is 2.15. The maximum absolute atomic E-state index is 11.6. The SMILES string of the molecule is CCC(CCOCC(F)(F)F)C(=O)O. The lowest BCUT2D eigenvalue weighted by Crippen LogP contribution is -2.20. The molecule has 1 N–H and O–H groups in total. The van der Waals surface area contributed by atoms with Gasteiger partial charge in [-0.15, -0.1) is 0 Å². The molecule has 0 bridgehead atoms. The van der Waals surface area contributed by atoms with Crippen LogP contribution in [-0.2, 0) is 9.53 Å². The molecule has 0 saturated heterocycles. The van der Waals surface area contributed by atoms with Crippen molar-refractivity contribution in [3.63, 3.8) is 0 Å². The molecule has 0 aromatic carbocycles. The van der Waals surface area contributed by atoms with E-state index in [1.54, 1.807) is 6.92 Å². The second-order valence-corrected chi connectivity index (χ2v) is 2.90. The third-order valence-corrected chi connectivity index (χ3v) is 1.72. The summed E-state index contributed by atoms with van der Waals surface area (Å²) < 4.78 is 39.0. The summed E-state index contributed by atoms with van der Waals surface area (Å²) in [4.78, 5) is 10.4. The van der Waals surface area contributed by atoms with Gasteiger partial charge in [-0.05, 0) is 12.8 Å². The van der Waals surface area contributed by atoms with E-state index in [2.05, 4.69) is 4.74 Å². The summed E-state index contributed by atoms with van der Waals surface area (Å²) >= 11 is 0. The van der Waals surface area contributed by atoms with Gasteiger partial charge in [-0.2, -0.15) is 13.2 Å². The zero-order valence-corrected chi connectivity index (χ0v) is 7.80. The number of hydrogen-bond acceptors (Lipinski definition) is 2. The van der Waals surface area contributed by atoms with E-state index in [0.29, 0.717) is 6.42 Å². The van der Waals surface area contributed by atoms with Crippen LogP contribution >= 0.6 is 0 Å². The van der Waals surface area contributed by atoms with Crippen LogP contribution in [0.25, 0.3) is 0 Å². The van der Waals surface area contributed by atoms with Gasteiger partial charge in [-0.1, -0.05) is 6.92 Å². The monoisotopic (exact) mass is 214 g/mol. The first-order valence-corrected chi connectivity index (χ1v) is 4.24. The molecule has 1 unspecified atom stereocenters. The summed E-state index contributed by atoms with van der Waals surface area (Å²) in [6, 6.07) is 0. The van der Waals surface area contributed by atoms with E-state index in [9.17, 15) is 18.0 Å². The molecule has 84 valence electrons. The smallest absolute Gasteiger partial charge is 0.411 e. The van der Waals surface area contributed by atoms with Crippen LogP contribution in [0.2, 0.25) is 0 Å². The summed E-state index contributed by atoms with van der Waals surface area (Å²) in [6.07, 6.45) is -3.84. The number of carboxylic acid groups (broad SMARTS) is 1. The Morgan fingerprint density at radius 3 is 2.43 bits per heavy atom. The van der Waals surface area contributed by atoms with Crippen LogP contribution < -0.4 is 0 Å². The van der Waals surface area contributed by atoms with Crippen LogP contribution in [0.3, 0.4) is 0 Å². The van der Waals surface area contributed by atoms with E-state index in [4.69, 9.17) is 5.11 Å². The first kappa shape index (κ1) is 13.2. The molecule has 6 heteroatoms. The lowest BCUT2D eigenvalue weighted by atomic mass is 10.0. The molecule has 0 aliphatic heterocycles. The Kier molecular flexibility index (Phi) is 5.52. The highest BCUT2D eigenvalue weighted by atomic mass is 19.4. The molecule has 1 atom stereocenters. The number of ether oxygens (including phenoxy) is 1. The lowest BCUT2D eigenvalue weighted by Gasteiger charge is -2.10. The van der Waals surface area contributed by atoms with E-state index < -0.39 is 24.7 Å². The van der Waals surface area contributed by atoms with Gasteiger partial charge in [0, 0.05) is 6.61 Å². The van der Waals surface area contributed by atoms with Crippen molar-refractivity contribution in [1.29, 1.82) is 0 Å². The van der Waals surface area contributed by atoms with Gasteiger partial charge in [0.15, 0.2) is 0 Å². The summed E-state index contributed by atoms with van der Waals surface area (Å²) in [7, 11) is 0. The second kappa shape index (κ2) is 5.85. The van der Waals surface area contributed by atoms with Crippen LogP contribution in [0, 0.1) is 5.92 Å². The first-order valence-electron chi connectivity index (χ1n) is 4.24. The van der Waals surface area contributed by atoms with E-state index in [0.717, 1.165) is 0 Å². The summed E-state index contributed by atoms with van der Waals surface area (Å²) in [6.45, 7) is 0.177. The third-order valence-electron chi connectivity index (χ3n) is 1.72. The Morgan fingerprint density at radius 2 is 2.07 bits per heavy atom. The van der Waals surface area contributed by atoms with Gasteiger partial charge < -0.3 is 9.84 Å². The molecule has 0 aromatic rings. The van der Waals surface area contributed by atoms with E-state index in [1.807, 2.05) is 0 Å². The summed E-state index contributed by atoms with van der Waals surface area (Å²) in [5.74, 6) is -1.62. The molecule has 0 aromatic heterocycles. The molecular formula is C8H13F3O3. The molecular weight excluding hydrogens is 201 g/mol. The van der Waals surface area contributed by atoms with Crippen molar-refractivity contribution in [3.8, 4) is 0 Å². The third kappa shape index (κ3) is 6.71. The minimum absolute atomic E-state index is 0.113. The van der Waals surface area contributed by atoms with Crippen molar-refractivity contribution < 1.29 is 27.8 Å². The van der Waals surface area contributed by atoms with Gasteiger partial charge in [0.05, 0.1) is 5.92 Å². The largest absolute Gasteiger partial charge is 0.481 e.